The van der Waals surface area contributed by atoms with Crippen molar-refractivity contribution in [3.05, 3.63) is 87.5 Å². The summed E-state index contributed by atoms with van der Waals surface area (Å²) in [5.41, 5.74) is 2.50. The van der Waals surface area contributed by atoms with E-state index in [2.05, 4.69) is 95.3 Å². The minimum atomic E-state index is -0.591. The van der Waals surface area contributed by atoms with Crippen LogP contribution in [-0.4, -0.2) is 18.3 Å². The average molecular weight is 584 g/mol. The van der Waals surface area contributed by atoms with Crippen LogP contribution in [0.3, 0.4) is 0 Å². The third kappa shape index (κ3) is 6.04. The number of benzene rings is 3. The zero-order valence-electron chi connectivity index (χ0n) is 21.6. The van der Waals surface area contributed by atoms with E-state index >= 15 is 0 Å². The van der Waals surface area contributed by atoms with Crippen LogP contribution >= 0.6 is 22.6 Å². The Morgan fingerprint density at radius 3 is 1.63 bits per heavy atom. The van der Waals surface area contributed by atoms with Crippen LogP contribution in [0.4, 0.5) is 0 Å². The third-order valence-electron chi connectivity index (χ3n) is 6.75. The summed E-state index contributed by atoms with van der Waals surface area (Å²) in [4.78, 5) is 0. The number of hydrogen-bond donors (Lipinski definition) is 0. The second kappa shape index (κ2) is 9.79. The van der Waals surface area contributed by atoms with E-state index in [1.807, 2.05) is 48.5 Å². The molecule has 1 aliphatic heterocycles. The third-order valence-corrected chi connectivity index (χ3v) is 7.47. The van der Waals surface area contributed by atoms with Gasteiger partial charge in [0.2, 0.25) is 0 Å². The molecule has 4 rings (SSSR count). The summed E-state index contributed by atoms with van der Waals surface area (Å²) >= 11 is 2.29. The average Bonchev–Trinajstić information content (AvgIpc) is 3.01. The Bertz CT molecular complexity index is 1120. The first-order valence-electron chi connectivity index (χ1n) is 12.0. The molecule has 0 spiro atoms. The molecule has 0 saturated carbocycles. The van der Waals surface area contributed by atoms with Crippen LogP contribution in [0.2, 0.25) is 0 Å². The lowest BCUT2D eigenvalue weighted by Crippen LogP contribution is -2.41. The quantitative estimate of drug-likeness (QED) is 0.177. The first-order valence-corrected chi connectivity index (χ1v) is 13.1. The molecular weight excluding hydrogens is 550 g/mol. The topological polar surface area (TPSA) is 36.9 Å². The molecule has 1 atom stereocenters. The van der Waals surface area contributed by atoms with E-state index in [1.165, 1.54) is 5.56 Å². The number of ether oxygens (including phenoxy) is 2. The summed E-state index contributed by atoms with van der Waals surface area (Å²) in [6.45, 7) is 14.9. The van der Waals surface area contributed by atoms with Gasteiger partial charge in [-0.15, -0.1) is 0 Å². The normalized spacial score (nSPS) is 17.8. The molecule has 1 aliphatic rings. The van der Waals surface area contributed by atoms with Crippen LogP contribution in [-0.2, 0) is 14.7 Å². The van der Waals surface area contributed by atoms with Crippen molar-refractivity contribution in [2.75, 3.05) is 0 Å². The molecule has 6 heteroatoms. The summed E-state index contributed by atoms with van der Waals surface area (Å²) in [5.74, 6) is 1.46. The molecule has 35 heavy (non-hydrogen) atoms. The number of rotatable bonds is 6. The van der Waals surface area contributed by atoms with Gasteiger partial charge in [-0.3, -0.25) is 0 Å². The van der Waals surface area contributed by atoms with Crippen molar-refractivity contribution in [1.29, 1.82) is 0 Å². The largest absolute Gasteiger partial charge is 0.494 e. The Balaban J connectivity index is 1.55. The van der Waals surface area contributed by atoms with E-state index < -0.39 is 13.4 Å². The van der Waals surface area contributed by atoms with E-state index in [-0.39, 0.29) is 16.6 Å². The highest BCUT2D eigenvalue weighted by atomic mass is 127. The lowest BCUT2D eigenvalue weighted by molar-refractivity contribution is 0.00379. The van der Waals surface area contributed by atoms with Crippen molar-refractivity contribution in [3.8, 4) is 11.5 Å². The maximum Gasteiger partial charge on any atom is 0.494 e. The molecule has 0 aromatic heterocycles. The second-order valence-corrected chi connectivity index (χ2v) is 12.3. The van der Waals surface area contributed by atoms with Gasteiger partial charge in [0.05, 0.1) is 11.2 Å². The van der Waals surface area contributed by atoms with Crippen LogP contribution in [0.25, 0.3) is 0 Å². The zero-order chi connectivity index (χ0) is 25.4. The van der Waals surface area contributed by atoms with Gasteiger partial charge in [0.1, 0.15) is 11.5 Å². The van der Waals surface area contributed by atoms with Crippen LogP contribution in [0.1, 0.15) is 65.9 Å². The molecule has 184 valence electrons. The molecule has 0 amide bonds. The van der Waals surface area contributed by atoms with Crippen LogP contribution in [0.5, 0.6) is 11.5 Å². The predicted octanol–water partition coefficient (Wildman–Crippen LogP) is 7.04. The molecular formula is C29H34BIO4. The summed E-state index contributed by atoms with van der Waals surface area (Å²) in [5, 5.41) is 0. The maximum absolute atomic E-state index is 6.35. The molecule has 1 heterocycles. The van der Waals surface area contributed by atoms with Crippen LogP contribution in [0.15, 0.2) is 72.8 Å². The molecule has 1 saturated heterocycles. The summed E-state index contributed by atoms with van der Waals surface area (Å²) in [6.07, 6.45) is -0.591. The Morgan fingerprint density at radius 1 is 0.714 bits per heavy atom. The van der Waals surface area contributed by atoms with Gasteiger partial charge in [-0.05, 0) is 103 Å². The molecule has 4 nitrogen and oxygen atoms in total. The fraction of sp³-hybridized carbons (Fsp3) is 0.379. The lowest BCUT2D eigenvalue weighted by Gasteiger charge is -2.32. The fourth-order valence-electron chi connectivity index (χ4n) is 3.74. The molecule has 0 N–H and O–H groups in total. The van der Waals surface area contributed by atoms with E-state index in [4.69, 9.17) is 18.8 Å². The van der Waals surface area contributed by atoms with Gasteiger partial charge in [-0.1, -0.05) is 57.2 Å². The van der Waals surface area contributed by atoms with E-state index in [0.717, 1.165) is 20.3 Å². The van der Waals surface area contributed by atoms with E-state index in [0.29, 0.717) is 5.75 Å². The van der Waals surface area contributed by atoms with E-state index in [9.17, 15) is 0 Å². The highest BCUT2D eigenvalue weighted by Gasteiger charge is 2.51. The highest BCUT2D eigenvalue weighted by molar-refractivity contribution is 14.1. The van der Waals surface area contributed by atoms with Gasteiger partial charge in [0.25, 0.3) is 6.29 Å². The molecule has 1 unspecified atom stereocenters. The first-order chi connectivity index (χ1) is 16.3. The van der Waals surface area contributed by atoms with Gasteiger partial charge >= 0.3 is 7.12 Å². The monoisotopic (exact) mass is 584 g/mol. The second-order valence-electron chi connectivity index (χ2n) is 11.1. The predicted molar refractivity (Wildman–Crippen MR) is 150 cm³/mol. The number of halogens is 1. The van der Waals surface area contributed by atoms with E-state index in [1.54, 1.807) is 0 Å². The van der Waals surface area contributed by atoms with Crippen molar-refractivity contribution in [1.82, 2.24) is 0 Å². The minimum absolute atomic E-state index is 0.0786. The smallest absolute Gasteiger partial charge is 0.451 e. The molecule has 0 aliphatic carbocycles. The van der Waals surface area contributed by atoms with Gasteiger partial charge in [0.15, 0.2) is 0 Å². The van der Waals surface area contributed by atoms with Crippen LogP contribution in [0, 0.1) is 3.57 Å². The molecule has 1 fully saturated rings. The Morgan fingerprint density at radius 2 is 1.17 bits per heavy atom. The standard InChI is InChI=1S/C29H34BIO4/c1-27(2,3)21-10-8-20(9-11-21)26(33-25-18-14-23(31)15-19-25)32-24-16-12-22(13-17-24)30-34-28(4,5)29(6,7)35-30/h8-19,26H,1-7H3. The van der Waals surface area contributed by atoms with Crippen molar-refractivity contribution in [3.63, 3.8) is 0 Å². The minimum Gasteiger partial charge on any atom is -0.451 e. The lowest BCUT2D eigenvalue weighted by atomic mass is 9.79. The van der Waals surface area contributed by atoms with Crippen molar-refractivity contribution >= 4 is 35.2 Å². The van der Waals surface area contributed by atoms with Gasteiger partial charge in [0, 0.05) is 9.13 Å². The van der Waals surface area contributed by atoms with Gasteiger partial charge in [-0.2, -0.15) is 0 Å². The van der Waals surface area contributed by atoms with Crippen LogP contribution < -0.4 is 14.9 Å². The number of hydrogen-bond acceptors (Lipinski definition) is 4. The Hall–Kier alpha value is -2.03. The molecule has 0 radical (unpaired) electrons. The summed E-state index contributed by atoms with van der Waals surface area (Å²) < 4.78 is 26.2. The molecule has 3 aromatic carbocycles. The molecule has 0 bridgehead atoms. The first kappa shape index (κ1) is 26.0. The summed E-state index contributed by atoms with van der Waals surface area (Å²) in [7, 11) is -0.405. The Kier molecular flexibility index (Phi) is 7.29. The fourth-order valence-corrected chi connectivity index (χ4v) is 4.10. The Labute approximate surface area is 223 Å². The molecule has 3 aromatic rings. The van der Waals surface area contributed by atoms with Crippen molar-refractivity contribution in [2.24, 2.45) is 0 Å². The highest BCUT2D eigenvalue weighted by Crippen LogP contribution is 2.36. The van der Waals surface area contributed by atoms with Crippen molar-refractivity contribution in [2.45, 2.75) is 71.4 Å². The SMILES string of the molecule is CC(C)(C)c1ccc(C(Oc2ccc(I)cc2)Oc2ccc(B3OC(C)(C)C(C)(C)O3)cc2)cc1. The van der Waals surface area contributed by atoms with Gasteiger partial charge in [-0.25, -0.2) is 0 Å². The zero-order valence-corrected chi connectivity index (χ0v) is 23.8. The maximum atomic E-state index is 6.35. The summed E-state index contributed by atoms with van der Waals surface area (Å²) in [6, 6.07) is 24.3. The van der Waals surface area contributed by atoms with Crippen molar-refractivity contribution < 1.29 is 18.8 Å². The van der Waals surface area contributed by atoms with Gasteiger partial charge < -0.3 is 18.8 Å².